The highest BCUT2D eigenvalue weighted by Gasteiger charge is 2.13. The van der Waals surface area contributed by atoms with Gasteiger partial charge in [-0.15, -0.1) is 0 Å². The van der Waals surface area contributed by atoms with Gasteiger partial charge in [-0.1, -0.05) is 19.9 Å². The molecule has 0 atom stereocenters. The highest BCUT2D eigenvalue weighted by molar-refractivity contribution is 5.93. The molecule has 0 fully saturated rings. The second-order valence-corrected chi connectivity index (χ2v) is 3.10. The number of hydrogen-bond donors (Lipinski definition) is 0. The van der Waals surface area contributed by atoms with E-state index in [2.05, 4.69) is 0 Å². The van der Waals surface area contributed by atoms with Crippen LogP contribution in [0.15, 0.2) is 11.6 Å². The van der Waals surface area contributed by atoms with E-state index < -0.39 is 0 Å². The number of carbonyl (C=O) groups is 1. The Morgan fingerprint density at radius 3 is 1.91 bits per heavy atom. The second-order valence-electron chi connectivity index (χ2n) is 3.10. The first-order valence-electron chi connectivity index (χ1n) is 3.88. The maximum atomic E-state index is 11.4. The minimum atomic E-state index is 0.113. The van der Waals surface area contributed by atoms with Crippen molar-refractivity contribution >= 4 is 5.91 Å². The zero-order valence-electron chi connectivity index (χ0n) is 8.01. The topological polar surface area (TPSA) is 20.3 Å². The van der Waals surface area contributed by atoms with E-state index in [1.165, 1.54) is 0 Å². The predicted octanol–water partition coefficient (Wildman–Crippen LogP) is 1.68. The second kappa shape index (κ2) is 4.16. The molecule has 0 spiro atoms. The standard InChI is InChI=1S/C9H17NO/c1-6-8(7(2)3)9(11)10(4)5/h6-7H,1-5H3/b8-6+. The number of carbonyl (C=O) groups excluding carboxylic acids is 1. The van der Waals surface area contributed by atoms with Gasteiger partial charge >= 0.3 is 0 Å². The summed E-state index contributed by atoms with van der Waals surface area (Å²) >= 11 is 0. The fourth-order valence-corrected chi connectivity index (χ4v) is 0.962. The van der Waals surface area contributed by atoms with Crippen LogP contribution in [0, 0.1) is 5.92 Å². The molecular formula is C9H17NO. The molecule has 0 bridgehead atoms. The van der Waals surface area contributed by atoms with Gasteiger partial charge in [0.05, 0.1) is 0 Å². The monoisotopic (exact) mass is 155 g/mol. The van der Waals surface area contributed by atoms with Crippen molar-refractivity contribution in [3.05, 3.63) is 11.6 Å². The lowest BCUT2D eigenvalue weighted by Gasteiger charge is -2.15. The molecule has 64 valence electrons. The first-order valence-corrected chi connectivity index (χ1v) is 3.88. The fourth-order valence-electron chi connectivity index (χ4n) is 0.962. The van der Waals surface area contributed by atoms with Gasteiger partial charge in [0.2, 0.25) is 5.91 Å². The van der Waals surface area contributed by atoms with Crippen LogP contribution in [0.3, 0.4) is 0 Å². The van der Waals surface area contributed by atoms with Gasteiger partial charge in [-0.3, -0.25) is 4.79 Å². The molecule has 0 heterocycles. The highest BCUT2D eigenvalue weighted by atomic mass is 16.2. The average Bonchev–Trinajstić information content (AvgIpc) is 1.88. The summed E-state index contributed by atoms with van der Waals surface area (Å²) in [5.74, 6) is 0.428. The average molecular weight is 155 g/mol. The maximum Gasteiger partial charge on any atom is 0.249 e. The lowest BCUT2D eigenvalue weighted by atomic mass is 10.0. The van der Waals surface area contributed by atoms with Gasteiger partial charge in [-0.2, -0.15) is 0 Å². The molecular weight excluding hydrogens is 138 g/mol. The Hall–Kier alpha value is -0.790. The van der Waals surface area contributed by atoms with Crippen molar-refractivity contribution in [3.63, 3.8) is 0 Å². The molecule has 2 nitrogen and oxygen atoms in total. The lowest BCUT2D eigenvalue weighted by molar-refractivity contribution is -0.125. The van der Waals surface area contributed by atoms with Gasteiger partial charge in [0.15, 0.2) is 0 Å². The Balaban J connectivity index is 4.42. The van der Waals surface area contributed by atoms with Crippen molar-refractivity contribution < 1.29 is 4.79 Å². The maximum absolute atomic E-state index is 11.4. The van der Waals surface area contributed by atoms with Gasteiger partial charge in [0.1, 0.15) is 0 Å². The summed E-state index contributed by atoms with van der Waals surface area (Å²) < 4.78 is 0. The van der Waals surface area contributed by atoms with Crippen molar-refractivity contribution in [2.75, 3.05) is 14.1 Å². The normalized spacial score (nSPS) is 12.0. The van der Waals surface area contributed by atoms with Crippen LogP contribution in [-0.2, 0) is 4.79 Å². The summed E-state index contributed by atoms with van der Waals surface area (Å²) in [7, 11) is 3.54. The molecule has 11 heavy (non-hydrogen) atoms. The number of hydrogen-bond acceptors (Lipinski definition) is 1. The Morgan fingerprint density at radius 2 is 1.82 bits per heavy atom. The lowest BCUT2D eigenvalue weighted by Crippen LogP contribution is -2.25. The third kappa shape index (κ3) is 2.74. The molecule has 0 aliphatic rings. The minimum absolute atomic E-state index is 0.113. The molecule has 0 aliphatic heterocycles. The fraction of sp³-hybridized carbons (Fsp3) is 0.667. The Labute approximate surface area is 68.9 Å². The van der Waals surface area contributed by atoms with E-state index in [9.17, 15) is 4.79 Å². The van der Waals surface area contributed by atoms with E-state index >= 15 is 0 Å². The molecule has 1 amide bonds. The van der Waals surface area contributed by atoms with Crippen molar-refractivity contribution in [1.82, 2.24) is 4.90 Å². The third-order valence-corrected chi connectivity index (χ3v) is 1.59. The Bertz CT molecular complexity index is 168. The van der Waals surface area contributed by atoms with Crippen molar-refractivity contribution in [1.29, 1.82) is 0 Å². The molecule has 0 aromatic carbocycles. The van der Waals surface area contributed by atoms with Crippen molar-refractivity contribution in [2.45, 2.75) is 20.8 Å². The van der Waals surface area contributed by atoms with Crippen LogP contribution in [0.4, 0.5) is 0 Å². The first kappa shape index (κ1) is 10.2. The van der Waals surface area contributed by atoms with Crippen LogP contribution in [0.1, 0.15) is 20.8 Å². The van der Waals surface area contributed by atoms with Gasteiger partial charge in [0.25, 0.3) is 0 Å². The number of likely N-dealkylation sites (N-methyl/N-ethyl adjacent to an activating group) is 1. The zero-order chi connectivity index (χ0) is 9.02. The third-order valence-electron chi connectivity index (χ3n) is 1.59. The van der Waals surface area contributed by atoms with E-state index in [0.29, 0.717) is 5.92 Å². The number of rotatable bonds is 2. The van der Waals surface area contributed by atoms with E-state index in [0.717, 1.165) is 5.57 Å². The summed E-state index contributed by atoms with van der Waals surface area (Å²) in [5, 5.41) is 0. The van der Waals surface area contributed by atoms with Gasteiger partial charge in [0, 0.05) is 19.7 Å². The molecule has 0 saturated carbocycles. The summed E-state index contributed by atoms with van der Waals surface area (Å²) in [6.45, 7) is 5.95. The first-order chi connectivity index (χ1) is 5.00. The van der Waals surface area contributed by atoms with E-state index in [4.69, 9.17) is 0 Å². The molecule has 0 unspecified atom stereocenters. The largest absolute Gasteiger partial charge is 0.345 e. The smallest absolute Gasteiger partial charge is 0.249 e. The molecule has 0 aromatic heterocycles. The Morgan fingerprint density at radius 1 is 1.36 bits per heavy atom. The molecule has 0 radical (unpaired) electrons. The summed E-state index contributed by atoms with van der Waals surface area (Å²) in [4.78, 5) is 13.0. The van der Waals surface area contributed by atoms with Crippen LogP contribution < -0.4 is 0 Å². The van der Waals surface area contributed by atoms with E-state index in [1.54, 1.807) is 19.0 Å². The van der Waals surface area contributed by atoms with Crippen LogP contribution in [0.2, 0.25) is 0 Å². The molecule has 0 N–H and O–H groups in total. The van der Waals surface area contributed by atoms with Gasteiger partial charge in [-0.05, 0) is 12.8 Å². The highest BCUT2D eigenvalue weighted by Crippen LogP contribution is 2.10. The van der Waals surface area contributed by atoms with E-state index in [1.807, 2.05) is 26.8 Å². The summed E-state index contributed by atoms with van der Waals surface area (Å²) in [6.07, 6.45) is 1.88. The predicted molar refractivity (Wildman–Crippen MR) is 47.3 cm³/mol. The number of allylic oxidation sites excluding steroid dienone is 1. The molecule has 2 heteroatoms. The Kier molecular flexibility index (Phi) is 3.86. The van der Waals surface area contributed by atoms with Crippen LogP contribution >= 0.6 is 0 Å². The van der Waals surface area contributed by atoms with Crippen LogP contribution in [-0.4, -0.2) is 24.9 Å². The molecule has 0 aromatic rings. The van der Waals surface area contributed by atoms with Crippen molar-refractivity contribution in [2.24, 2.45) is 5.92 Å². The zero-order valence-corrected chi connectivity index (χ0v) is 8.01. The van der Waals surface area contributed by atoms with Crippen LogP contribution in [0.25, 0.3) is 0 Å². The summed E-state index contributed by atoms with van der Waals surface area (Å²) in [6, 6.07) is 0. The number of nitrogens with zero attached hydrogens (tertiary/aromatic N) is 1. The van der Waals surface area contributed by atoms with Gasteiger partial charge in [-0.25, -0.2) is 0 Å². The van der Waals surface area contributed by atoms with E-state index in [-0.39, 0.29) is 5.91 Å². The SMILES string of the molecule is C/C=C(/C(=O)N(C)C)C(C)C. The molecule has 0 aliphatic carbocycles. The van der Waals surface area contributed by atoms with Gasteiger partial charge < -0.3 is 4.90 Å². The minimum Gasteiger partial charge on any atom is -0.345 e. The quantitative estimate of drug-likeness (QED) is 0.555. The molecule has 0 rings (SSSR count). The number of amides is 1. The summed E-state index contributed by atoms with van der Waals surface area (Å²) in [5.41, 5.74) is 0.884. The molecule has 0 saturated heterocycles. The van der Waals surface area contributed by atoms with Crippen molar-refractivity contribution in [3.8, 4) is 0 Å². The van der Waals surface area contributed by atoms with Crippen LogP contribution in [0.5, 0.6) is 0 Å².